The first-order chi connectivity index (χ1) is 18.0. The number of carboxylic acids is 1. The number of aliphatic carboxylic acids is 1. The summed E-state index contributed by atoms with van der Waals surface area (Å²) in [6.45, 7) is 1.16. The summed E-state index contributed by atoms with van der Waals surface area (Å²) in [6.07, 6.45) is 2.00. The standard InChI is InChI=1S/C30H29N3O4.ClH/c1-33(28-13-7-8-18-31-28)19-20-37-24-16-14-22(15-17-24)21-27(30(35)36)32-26-12-6-5-11-25(26)29(34)23-9-3-2-4-10-23;/h2-18,27,32H,19-21H2,1H3,(H,35,36);1H. The zero-order valence-electron chi connectivity index (χ0n) is 21.0. The van der Waals surface area contributed by atoms with Crippen LogP contribution in [0.4, 0.5) is 11.5 Å². The van der Waals surface area contributed by atoms with E-state index >= 15 is 0 Å². The van der Waals surface area contributed by atoms with Gasteiger partial charge in [-0.25, -0.2) is 9.78 Å². The molecule has 1 atom stereocenters. The number of hydrogen-bond acceptors (Lipinski definition) is 6. The van der Waals surface area contributed by atoms with Gasteiger partial charge < -0.3 is 20.1 Å². The zero-order valence-corrected chi connectivity index (χ0v) is 21.8. The molecule has 4 aromatic rings. The van der Waals surface area contributed by atoms with Crippen molar-refractivity contribution in [2.24, 2.45) is 0 Å². The number of rotatable bonds is 12. The van der Waals surface area contributed by atoms with Gasteiger partial charge in [0, 0.05) is 36.5 Å². The minimum absolute atomic E-state index is 0. The van der Waals surface area contributed by atoms with Gasteiger partial charge in [0.25, 0.3) is 0 Å². The Morgan fingerprint density at radius 2 is 1.61 bits per heavy atom. The SMILES string of the molecule is CN(CCOc1ccc(CC(Nc2ccccc2C(=O)c2ccccc2)C(=O)O)cc1)c1ccccn1.Cl. The van der Waals surface area contributed by atoms with E-state index in [1.54, 1.807) is 54.7 Å². The average molecular weight is 532 g/mol. The number of likely N-dealkylation sites (N-methyl/N-ethyl adjacent to an activating group) is 1. The third-order valence-corrected chi connectivity index (χ3v) is 5.93. The minimum atomic E-state index is -1.00. The number of benzene rings is 3. The molecule has 7 nitrogen and oxygen atoms in total. The molecular formula is C30H30ClN3O4. The second kappa shape index (κ2) is 13.8. The van der Waals surface area contributed by atoms with Crippen LogP contribution in [0.5, 0.6) is 5.75 Å². The third-order valence-electron chi connectivity index (χ3n) is 5.93. The van der Waals surface area contributed by atoms with Crippen molar-refractivity contribution in [1.29, 1.82) is 0 Å². The van der Waals surface area contributed by atoms with Gasteiger partial charge in [0.2, 0.25) is 0 Å². The number of halogens is 1. The first kappa shape index (κ1) is 28.2. The Morgan fingerprint density at radius 3 is 2.29 bits per heavy atom. The Labute approximate surface area is 228 Å². The topological polar surface area (TPSA) is 91.8 Å². The fraction of sp³-hybridized carbons (Fsp3) is 0.167. The van der Waals surface area contributed by atoms with Crippen molar-refractivity contribution in [2.75, 3.05) is 30.4 Å². The normalized spacial score (nSPS) is 11.1. The highest BCUT2D eigenvalue weighted by molar-refractivity contribution is 6.12. The number of nitrogens with zero attached hydrogens (tertiary/aromatic N) is 2. The lowest BCUT2D eigenvalue weighted by molar-refractivity contribution is -0.137. The highest BCUT2D eigenvalue weighted by atomic mass is 35.5. The molecule has 38 heavy (non-hydrogen) atoms. The Kier molecular flexibility index (Phi) is 10.3. The number of aromatic nitrogens is 1. The van der Waals surface area contributed by atoms with Gasteiger partial charge in [-0.05, 0) is 42.0 Å². The summed E-state index contributed by atoms with van der Waals surface area (Å²) in [6, 6.07) is 28.1. The predicted octanol–water partition coefficient (Wildman–Crippen LogP) is 5.36. The number of anilines is 2. The molecule has 1 aromatic heterocycles. The summed E-state index contributed by atoms with van der Waals surface area (Å²) in [7, 11) is 1.96. The number of para-hydroxylation sites is 1. The van der Waals surface area contributed by atoms with Gasteiger partial charge in [0.1, 0.15) is 24.2 Å². The van der Waals surface area contributed by atoms with Gasteiger partial charge in [0.05, 0.1) is 6.54 Å². The minimum Gasteiger partial charge on any atom is -0.492 e. The van der Waals surface area contributed by atoms with Crippen LogP contribution in [-0.2, 0) is 11.2 Å². The second-order valence-electron chi connectivity index (χ2n) is 8.58. The van der Waals surface area contributed by atoms with Crippen molar-refractivity contribution in [3.8, 4) is 5.75 Å². The quantitative estimate of drug-likeness (QED) is 0.238. The highest BCUT2D eigenvalue weighted by Gasteiger charge is 2.21. The maximum Gasteiger partial charge on any atom is 0.326 e. The van der Waals surface area contributed by atoms with E-state index in [1.165, 1.54) is 0 Å². The van der Waals surface area contributed by atoms with Gasteiger partial charge in [-0.1, -0.05) is 60.7 Å². The molecule has 2 N–H and O–H groups in total. The van der Waals surface area contributed by atoms with Crippen LogP contribution in [0.1, 0.15) is 21.5 Å². The van der Waals surface area contributed by atoms with E-state index in [-0.39, 0.29) is 24.6 Å². The lowest BCUT2D eigenvalue weighted by Gasteiger charge is -2.19. The lowest BCUT2D eigenvalue weighted by atomic mass is 10.00. The molecule has 0 aliphatic carbocycles. The van der Waals surface area contributed by atoms with Crippen molar-refractivity contribution < 1.29 is 19.4 Å². The van der Waals surface area contributed by atoms with Crippen LogP contribution in [0, 0.1) is 0 Å². The summed E-state index contributed by atoms with van der Waals surface area (Å²) in [5.74, 6) is 0.417. The molecule has 4 rings (SSSR count). The number of nitrogens with one attached hydrogen (secondary N) is 1. The van der Waals surface area contributed by atoms with Crippen molar-refractivity contribution in [2.45, 2.75) is 12.5 Å². The number of pyridine rings is 1. The van der Waals surface area contributed by atoms with E-state index in [0.717, 1.165) is 11.4 Å². The largest absolute Gasteiger partial charge is 0.492 e. The second-order valence-corrected chi connectivity index (χ2v) is 8.58. The first-order valence-corrected chi connectivity index (χ1v) is 12.0. The number of carbonyl (C=O) groups excluding carboxylic acids is 1. The van der Waals surface area contributed by atoms with Gasteiger partial charge in [-0.15, -0.1) is 12.4 Å². The number of carbonyl (C=O) groups is 2. The summed E-state index contributed by atoms with van der Waals surface area (Å²) >= 11 is 0. The zero-order chi connectivity index (χ0) is 26.0. The molecule has 0 spiro atoms. The van der Waals surface area contributed by atoms with Gasteiger partial charge in [-0.3, -0.25) is 4.79 Å². The van der Waals surface area contributed by atoms with Gasteiger partial charge in [-0.2, -0.15) is 0 Å². The van der Waals surface area contributed by atoms with Crippen LogP contribution in [-0.4, -0.2) is 48.1 Å². The summed E-state index contributed by atoms with van der Waals surface area (Å²) in [5, 5.41) is 12.9. The molecule has 0 aliphatic rings. The van der Waals surface area contributed by atoms with Gasteiger partial charge >= 0.3 is 5.97 Å². The molecule has 8 heteroatoms. The lowest BCUT2D eigenvalue weighted by Crippen LogP contribution is -2.32. The molecule has 1 unspecified atom stereocenters. The van der Waals surface area contributed by atoms with Crippen LogP contribution in [0.2, 0.25) is 0 Å². The van der Waals surface area contributed by atoms with Crippen LogP contribution >= 0.6 is 12.4 Å². The summed E-state index contributed by atoms with van der Waals surface area (Å²) in [4.78, 5) is 31.4. The average Bonchev–Trinajstić information content (AvgIpc) is 2.94. The van der Waals surface area contributed by atoms with Crippen LogP contribution < -0.4 is 15.0 Å². The van der Waals surface area contributed by atoms with E-state index in [2.05, 4.69) is 10.3 Å². The number of ketones is 1. The van der Waals surface area contributed by atoms with Crippen LogP contribution in [0.3, 0.4) is 0 Å². The maximum absolute atomic E-state index is 13.0. The van der Waals surface area contributed by atoms with Crippen molar-refractivity contribution >= 4 is 35.7 Å². The van der Waals surface area contributed by atoms with Gasteiger partial charge in [0.15, 0.2) is 5.78 Å². The fourth-order valence-corrected chi connectivity index (χ4v) is 3.89. The smallest absolute Gasteiger partial charge is 0.326 e. The molecule has 0 saturated carbocycles. The van der Waals surface area contributed by atoms with Crippen LogP contribution in [0.25, 0.3) is 0 Å². The third kappa shape index (κ3) is 7.57. The van der Waals surface area contributed by atoms with E-state index in [9.17, 15) is 14.7 Å². The van der Waals surface area contributed by atoms with E-state index in [1.807, 2.05) is 60.5 Å². The Bertz CT molecular complexity index is 1320. The molecule has 0 saturated heterocycles. The van der Waals surface area contributed by atoms with Crippen molar-refractivity contribution in [1.82, 2.24) is 4.98 Å². The monoisotopic (exact) mass is 531 g/mol. The molecule has 1 heterocycles. The van der Waals surface area contributed by atoms with E-state index in [0.29, 0.717) is 35.7 Å². The van der Waals surface area contributed by atoms with E-state index in [4.69, 9.17) is 4.74 Å². The summed E-state index contributed by atoms with van der Waals surface area (Å²) < 4.78 is 5.85. The number of carboxylic acid groups (broad SMARTS) is 1. The first-order valence-electron chi connectivity index (χ1n) is 12.0. The predicted molar refractivity (Wildman–Crippen MR) is 152 cm³/mol. The maximum atomic E-state index is 13.0. The fourth-order valence-electron chi connectivity index (χ4n) is 3.89. The van der Waals surface area contributed by atoms with Crippen molar-refractivity contribution in [3.63, 3.8) is 0 Å². The number of ether oxygens (including phenoxy) is 1. The Hall–Kier alpha value is -4.36. The highest BCUT2D eigenvalue weighted by Crippen LogP contribution is 2.22. The molecule has 0 radical (unpaired) electrons. The molecule has 196 valence electrons. The van der Waals surface area contributed by atoms with E-state index < -0.39 is 12.0 Å². The molecule has 0 aliphatic heterocycles. The number of hydrogen-bond donors (Lipinski definition) is 2. The van der Waals surface area contributed by atoms with Crippen LogP contribution in [0.15, 0.2) is 103 Å². The Morgan fingerprint density at radius 1 is 0.921 bits per heavy atom. The molecule has 0 amide bonds. The Balaban J connectivity index is 0.00000400. The molecule has 3 aromatic carbocycles. The molecular weight excluding hydrogens is 502 g/mol. The van der Waals surface area contributed by atoms with Crippen molar-refractivity contribution in [3.05, 3.63) is 120 Å². The summed E-state index contributed by atoms with van der Waals surface area (Å²) in [5.41, 5.74) is 2.30. The molecule has 0 bridgehead atoms. The molecule has 0 fully saturated rings.